The highest BCUT2D eigenvalue weighted by molar-refractivity contribution is 4.97. The van der Waals surface area contributed by atoms with Crippen molar-refractivity contribution in [2.75, 3.05) is 6.61 Å². The van der Waals surface area contributed by atoms with Gasteiger partial charge in [-0.1, -0.05) is 0 Å². The van der Waals surface area contributed by atoms with Crippen LogP contribution >= 0.6 is 0 Å². The molecule has 104 valence electrons. The van der Waals surface area contributed by atoms with E-state index in [1.165, 1.54) is 0 Å². The summed E-state index contributed by atoms with van der Waals surface area (Å²) in [5.74, 6) is -1.35. The summed E-state index contributed by atoms with van der Waals surface area (Å²) in [6.45, 7) is 7.68. The van der Waals surface area contributed by atoms with Crippen molar-refractivity contribution in [2.45, 2.75) is 70.0 Å². The molecule has 0 spiro atoms. The van der Waals surface area contributed by atoms with E-state index in [1.807, 2.05) is 13.8 Å². The average molecular weight is 260 g/mol. The molecular formula is C12H20O6. The minimum atomic E-state index is -0.765. The van der Waals surface area contributed by atoms with Crippen LogP contribution in [0.1, 0.15) is 27.7 Å². The third-order valence-corrected chi connectivity index (χ3v) is 3.45. The minimum Gasteiger partial charge on any atom is -0.387 e. The zero-order valence-corrected chi connectivity index (χ0v) is 11.1. The van der Waals surface area contributed by atoms with E-state index in [9.17, 15) is 5.11 Å². The Bertz CT molecular complexity index is 341. The molecule has 3 aliphatic heterocycles. The van der Waals surface area contributed by atoms with Gasteiger partial charge in [0.25, 0.3) is 0 Å². The fourth-order valence-corrected chi connectivity index (χ4v) is 2.70. The Morgan fingerprint density at radius 2 is 1.67 bits per heavy atom. The molecule has 0 aliphatic carbocycles. The number of rotatable bonds is 1. The lowest BCUT2D eigenvalue weighted by Gasteiger charge is -2.26. The van der Waals surface area contributed by atoms with Crippen LogP contribution in [-0.2, 0) is 23.7 Å². The number of hydrogen-bond acceptors (Lipinski definition) is 6. The van der Waals surface area contributed by atoms with Gasteiger partial charge in [-0.15, -0.1) is 0 Å². The number of ether oxygens (including phenoxy) is 5. The summed E-state index contributed by atoms with van der Waals surface area (Å²) in [6.07, 6.45) is -2.53. The van der Waals surface area contributed by atoms with Gasteiger partial charge in [0.1, 0.15) is 24.4 Å². The predicted octanol–water partition coefficient (Wildman–Crippen LogP) is 0.375. The van der Waals surface area contributed by atoms with E-state index in [4.69, 9.17) is 23.7 Å². The Morgan fingerprint density at radius 3 is 2.22 bits per heavy atom. The number of aliphatic hydroxyl groups is 1. The van der Waals surface area contributed by atoms with Gasteiger partial charge >= 0.3 is 0 Å². The third kappa shape index (κ3) is 2.07. The second-order valence-electron chi connectivity index (χ2n) is 5.93. The van der Waals surface area contributed by atoms with Gasteiger partial charge in [-0.05, 0) is 27.7 Å². The van der Waals surface area contributed by atoms with E-state index < -0.39 is 36.2 Å². The molecule has 3 aliphatic rings. The van der Waals surface area contributed by atoms with Crippen molar-refractivity contribution in [3.05, 3.63) is 0 Å². The van der Waals surface area contributed by atoms with Crippen molar-refractivity contribution in [3.63, 3.8) is 0 Å². The first-order valence-electron chi connectivity index (χ1n) is 6.28. The Balaban J connectivity index is 1.68. The topological polar surface area (TPSA) is 66.4 Å². The molecule has 18 heavy (non-hydrogen) atoms. The first kappa shape index (κ1) is 12.8. The minimum absolute atomic E-state index is 0.295. The molecular weight excluding hydrogens is 240 g/mol. The number of aliphatic hydroxyl groups excluding tert-OH is 1. The van der Waals surface area contributed by atoms with Gasteiger partial charge in [0.15, 0.2) is 17.9 Å². The zero-order chi connectivity index (χ0) is 13.1. The zero-order valence-electron chi connectivity index (χ0n) is 11.1. The average Bonchev–Trinajstić information content (AvgIpc) is 2.81. The monoisotopic (exact) mass is 260 g/mol. The van der Waals surface area contributed by atoms with Gasteiger partial charge in [-0.2, -0.15) is 0 Å². The second-order valence-corrected chi connectivity index (χ2v) is 5.93. The van der Waals surface area contributed by atoms with Crippen LogP contribution in [0.5, 0.6) is 0 Å². The van der Waals surface area contributed by atoms with Crippen LogP contribution < -0.4 is 0 Å². The molecule has 0 saturated carbocycles. The highest BCUT2D eigenvalue weighted by Crippen LogP contribution is 2.40. The van der Waals surface area contributed by atoms with Crippen molar-refractivity contribution < 1.29 is 28.8 Å². The summed E-state index contributed by atoms with van der Waals surface area (Å²) in [5, 5.41) is 10.3. The fourth-order valence-electron chi connectivity index (χ4n) is 2.70. The molecule has 0 radical (unpaired) electrons. The van der Waals surface area contributed by atoms with Gasteiger partial charge in [-0.25, -0.2) is 0 Å². The molecule has 3 fully saturated rings. The van der Waals surface area contributed by atoms with E-state index in [-0.39, 0.29) is 6.10 Å². The van der Waals surface area contributed by atoms with Crippen LogP contribution in [0, 0.1) is 0 Å². The normalized spacial score (nSPS) is 49.5. The van der Waals surface area contributed by atoms with E-state index in [1.54, 1.807) is 13.8 Å². The number of hydrogen-bond donors (Lipinski definition) is 1. The van der Waals surface area contributed by atoms with E-state index in [0.717, 1.165) is 0 Å². The van der Waals surface area contributed by atoms with Crippen molar-refractivity contribution in [1.82, 2.24) is 0 Å². The SMILES string of the molecule is CC1(C)OC2O[C@H](C3COC(C)(C)O3)[C@H](O)C2O1. The molecule has 3 rings (SSSR count). The predicted molar refractivity (Wildman–Crippen MR) is 59.6 cm³/mol. The quantitative estimate of drug-likeness (QED) is 0.735. The molecule has 0 aromatic rings. The molecule has 3 unspecified atom stereocenters. The Labute approximate surface area is 106 Å². The molecule has 0 amide bonds. The molecule has 6 nitrogen and oxygen atoms in total. The van der Waals surface area contributed by atoms with Crippen LogP contribution in [0.3, 0.4) is 0 Å². The van der Waals surface area contributed by atoms with Crippen LogP contribution in [0.2, 0.25) is 0 Å². The molecule has 3 saturated heterocycles. The van der Waals surface area contributed by atoms with Crippen molar-refractivity contribution in [1.29, 1.82) is 0 Å². The maximum atomic E-state index is 10.3. The fraction of sp³-hybridized carbons (Fsp3) is 1.00. The first-order chi connectivity index (χ1) is 8.27. The lowest BCUT2D eigenvalue weighted by Crippen LogP contribution is -2.42. The smallest absolute Gasteiger partial charge is 0.190 e. The summed E-state index contributed by atoms with van der Waals surface area (Å²) >= 11 is 0. The van der Waals surface area contributed by atoms with Gasteiger partial charge in [-0.3, -0.25) is 0 Å². The van der Waals surface area contributed by atoms with Crippen molar-refractivity contribution >= 4 is 0 Å². The Hall–Kier alpha value is -0.240. The summed E-state index contributed by atoms with van der Waals surface area (Å²) < 4.78 is 28.1. The standard InChI is InChI=1S/C12H20O6/c1-11(2)14-5-6(16-11)8-7(13)9-10(15-8)18-12(3,4)17-9/h6-10,13H,5H2,1-4H3/t6?,7-,8+,9?,10?/m0/s1. The van der Waals surface area contributed by atoms with Crippen LogP contribution in [0.4, 0.5) is 0 Å². The third-order valence-electron chi connectivity index (χ3n) is 3.45. The van der Waals surface area contributed by atoms with E-state index in [2.05, 4.69) is 0 Å². The second kappa shape index (κ2) is 3.88. The van der Waals surface area contributed by atoms with Gasteiger partial charge < -0.3 is 28.8 Å². The maximum absolute atomic E-state index is 10.3. The summed E-state index contributed by atoms with van der Waals surface area (Å²) in [4.78, 5) is 0. The van der Waals surface area contributed by atoms with Gasteiger partial charge in [0, 0.05) is 0 Å². The van der Waals surface area contributed by atoms with Crippen molar-refractivity contribution in [2.24, 2.45) is 0 Å². The molecule has 0 aromatic carbocycles. The lowest BCUT2D eigenvalue weighted by molar-refractivity contribution is -0.232. The van der Waals surface area contributed by atoms with Gasteiger partial charge in [0.2, 0.25) is 0 Å². The summed E-state index contributed by atoms with van der Waals surface area (Å²) in [5.41, 5.74) is 0. The van der Waals surface area contributed by atoms with Crippen LogP contribution in [0.15, 0.2) is 0 Å². The molecule has 3 heterocycles. The molecule has 0 aromatic heterocycles. The van der Waals surface area contributed by atoms with Crippen LogP contribution in [-0.4, -0.2) is 54.0 Å². The summed E-state index contributed by atoms with van der Waals surface area (Å²) in [6, 6.07) is 0. The Morgan fingerprint density at radius 1 is 0.944 bits per heavy atom. The number of fused-ring (bicyclic) bond motifs is 1. The highest BCUT2D eigenvalue weighted by atomic mass is 16.8. The van der Waals surface area contributed by atoms with Crippen LogP contribution in [0.25, 0.3) is 0 Å². The largest absolute Gasteiger partial charge is 0.387 e. The lowest BCUT2D eigenvalue weighted by atomic mass is 10.1. The summed E-state index contributed by atoms with van der Waals surface area (Å²) in [7, 11) is 0. The first-order valence-corrected chi connectivity index (χ1v) is 6.28. The Kier molecular flexibility index (Phi) is 2.75. The van der Waals surface area contributed by atoms with E-state index in [0.29, 0.717) is 6.61 Å². The molecule has 0 bridgehead atoms. The van der Waals surface area contributed by atoms with Gasteiger partial charge in [0.05, 0.1) is 6.61 Å². The molecule has 5 atom stereocenters. The maximum Gasteiger partial charge on any atom is 0.190 e. The molecule has 1 N–H and O–H groups in total. The molecule has 6 heteroatoms. The van der Waals surface area contributed by atoms with Crippen molar-refractivity contribution in [3.8, 4) is 0 Å². The van der Waals surface area contributed by atoms with E-state index >= 15 is 0 Å². The highest BCUT2D eigenvalue weighted by Gasteiger charge is 2.57.